The summed E-state index contributed by atoms with van der Waals surface area (Å²) in [6, 6.07) is 10.7. The number of carboxylic acid groups (broad SMARTS) is 2. The van der Waals surface area contributed by atoms with Crippen molar-refractivity contribution in [1.29, 1.82) is 0 Å². The maximum absolute atomic E-state index is 13.8. The number of carbonyl (C=O) groups is 8. The number of carboxylic acids is 2. The molecule has 0 aliphatic heterocycles. The maximum Gasteiger partial charge on any atom is 0.326 e. The number of benzene rings is 2. The van der Waals surface area contributed by atoms with Gasteiger partial charge in [-0.15, -0.1) is 0 Å². The van der Waals surface area contributed by atoms with Crippen molar-refractivity contribution in [3.8, 4) is 0 Å². The zero-order valence-corrected chi connectivity index (χ0v) is 31.3. The van der Waals surface area contributed by atoms with Gasteiger partial charge in [-0.2, -0.15) is 0 Å². The van der Waals surface area contributed by atoms with Crippen LogP contribution in [0.1, 0.15) is 77.8 Å². The first-order valence-electron chi connectivity index (χ1n) is 17.7. The van der Waals surface area contributed by atoms with Crippen LogP contribution in [0.2, 0.25) is 0 Å². The van der Waals surface area contributed by atoms with Gasteiger partial charge in [0, 0.05) is 0 Å². The van der Waals surface area contributed by atoms with Gasteiger partial charge in [-0.3, -0.25) is 33.6 Å². The Hall–Kier alpha value is -5.80. The van der Waals surface area contributed by atoms with Gasteiger partial charge >= 0.3 is 11.9 Å². The molecule has 0 spiro atoms. The first kappa shape index (κ1) is 44.4. The van der Waals surface area contributed by atoms with E-state index in [1.165, 1.54) is 0 Å². The van der Waals surface area contributed by atoms with E-state index in [-0.39, 0.29) is 12.3 Å². The molecule has 0 aliphatic rings. The highest BCUT2D eigenvalue weighted by molar-refractivity contribution is 5.99. The molecule has 0 radical (unpaired) electrons. The van der Waals surface area contributed by atoms with Gasteiger partial charge in [-0.25, -0.2) is 4.79 Å². The van der Waals surface area contributed by atoms with Crippen molar-refractivity contribution in [1.82, 2.24) is 26.6 Å². The molecule has 0 aromatic heterocycles. The van der Waals surface area contributed by atoms with E-state index in [1.807, 2.05) is 12.1 Å². The van der Waals surface area contributed by atoms with Gasteiger partial charge in [-0.05, 0) is 35.3 Å². The molecule has 0 unspecified atom stereocenters. The highest BCUT2D eigenvalue weighted by Gasteiger charge is 2.36. The molecule has 5 atom stereocenters. The number of nitrogens with one attached hydrogen (secondary N) is 5. The van der Waals surface area contributed by atoms with Crippen molar-refractivity contribution < 1.29 is 48.6 Å². The average molecular weight is 753 g/mol. The molecule has 0 heterocycles. The number of rotatable bonds is 21. The van der Waals surface area contributed by atoms with Gasteiger partial charge in [0.2, 0.25) is 35.4 Å². The van der Waals surface area contributed by atoms with Crippen LogP contribution in [0.3, 0.4) is 0 Å². The van der Waals surface area contributed by atoms with Crippen LogP contribution in [-0.4, -0.2) is 87.8 Å². The van der Waals surface area contributed by atoms with Crippen LogP contribution in [0, 0.1) is 17.8 Å². The third kappa shape index (κ3) is 14.0. The predicted octanol–water partition coefficient (Wildman–Crippen LogP) is 1.04. The van der Waals surface area contributed by atoms with Gasteiger partial charge in [-0.1, -0.05) is 102 Å². The molecule has 16 heteroatoms. The van der Waals surface area contributed by atoms with Crippen molar-refractivity contribution in [3.63, 3.8) is 0 Å². The zero-order chi connectivity index (χ0) is 40.7. The third-order valence-corrected chi connectivity index (χ3v) is 8.39. The standard InChI is InChI=1S/C38H52N6O10/c1-20(2)17-27(38(53)54)42-34(49)26(19-29(46)47)40-33(48)25(18-28(39)45)41-36(51)31(21(3)4)44-37(52)32(22(5)6)43-35(50)30(23-13-9-7-10-14-23)24-15-11-8-12-16-24/h7-16,20-22,25-27,30-32H,17-19H2,1-6H3,(H2,39,45)(H,40,48)(H,41,51)(H,42,49)(H,43,50)(H,44,52)(H,46,47)(H,53,54)/t25-,26-,27-,31-,32-/m0/s1. The van der Waals surface area contributed by atoms with E-state index in [4.69, 9.17) is 5.73 Å². The number of primary amides is 1. The number of carbonyl (C=O) groups excluding carboxylic acids is 6. The summed E-state index contributed by atoms with van der Waals surface area (Å²) in [4.78, 5) is 103. The van der Waals surface area contributed by atoms with Crippen molar-refractivity contribution in [2.45, 2.75) is 96.9 Å². The van der Waals surface area contributed by atoms with E-state index < -0.39 is 108 Å². The average Bonchev–Trinajstić information content (AvgIpc) is 3.08. The van der Waals surface area contributed by atoms with Crippen molar-refractivity contribution in [3.05, 3.63) is 71.8 Å². The second-order valence-corrected chi connectivity index (χ2v) is 14.1. The van der Waals surface area contributed by atoms with E-state index >= 15 is 0 Å². The monoisotopic (exact) mass is 752 g/mol. The van der Waals surface area contributed by atoms with E-state index in [2.05, 4.69) is 26.6 Å². The summed E-state index contributed by atoms with van der Waals surface area (Å²) in [6.07, 6.45) is -1.71. The van der Waals surface area contributed by atoms with E-state index in [1.54, 1.807) is 90.1 Å². The summed E-state index contributed by atoms with van der Waals surface area (Å²) in [5, 5.41) is 31.2. The largest absolute Gasteiger partial charge is 0.481 e. The Morgan fingerprint density at radius 1 is 0.537 bits per heavy atom. The molecule has 2 aromatic rings. The lowest BCUT2D eigenvalue weighted by atomic mass is 9.89. The maximum atomic E-state index is 13.8. The Morgan fingerprint density at radius 2 is 0.926 bits per heavy atom. The van der Waals surface area contributed by atoms with Gasteiger partial charge in [0.25, 0.3) is 0 Å². The molecule has 0 fully saturated rings. The Kier molecular flexibility index (Phi) is 17.3. The molecular weight excluding hydrogens is 700 g/mol. The number of amides is 6. The highest BCUT2D eigenvalue weighted by atomic mass is 16.4. The lowest BCUT2D eigenvalue weighted by Crippen LogP contribution is -2.61. The number of hydrogen-bond acceptors (Lipinski definition) is 8. The second-order valence-electron chi connectivity index (χ2n) is 14.1. The van der Waals surface area contributed by atoms with Crippen LogP contribution in [0.5, 0.6) is 0 Å². The summed E-state index contributed by atoms with van der Waals surface area (Å²) in [7, 11) is 0. The molecule has 0 aliphatic carbocycles. The van der Waals surface area contributed by atoms with Crippen LogP contribution >= 0.6 is 0 Å². The normalized spacial score (nSPS) is 14.0. The first-order valence-corrected chi connectivity index (χ1v) is 17.7. The quantitative estimate of drug-likeness (QED) is 0.0898. The van der Waals surface area contributed by atoms with Crippen molar-refractivity contribution in [2.75, 3.05) is 0 Å². The topological polar surface area (TPSA) is 263 Å². The van der Waals surface area contributed by atoms with Crippen LogP contribution in [0.15, 0.2) is 60.7 Å². The molecule has 0 bridgehead atoms. The van der Waals surface area contributed by atoms with Crippen LogP contribution < -0.4 is 32.3 Å². The van der Waals surface area contributed by atoms with Crippen LogP contribution in [0.25, 0.3) is 0 Å². The molecule has 294 valence electrons. The smallest absolute Gasteiger partial charge is 0.326 e. The Labute approximate surface area is 314 Å². The molecular formula is C38H52N6O10. The minimum absolute atomic E-state index is 0.0134. The fraction of sp³-hybridized carbons (Fsp3) is 0.474. The summed E-state index contributed by atoms with van der Waals surface area (Å²) in [6.45, 7) is 10.1. The zero-order valence-electron chi connectivity index (χ0n) is 31.3. The van der Waals surface area contributed by atoms with Gasteiger partial charge in [0.15, 0.2) is 0 Å². The van der Waals surface area contributed by atoms with Gasteiger partial charge in [0.05, 0.1) is 18.8 Å². The van der Waals surface area contributed by atoms with Crippen LogP contribution in [0.4, 0.5) is 0 Å². The summed E-state index contributed by atoms with van der Waals surface area (Å²) < 4.78 is 0. The molecule has 0 saturated carbocycles. The molecule has 9 N–H and O–H groups in total. The molecule has 54 heavy (non-hydrogen) atoms. The third-order valence-electron chi connectivity index (χ3n) is 8.39. The molecule has 2 rings (SSSR count). The van der Waals surface area contributed by atoms with E-state index in [0.29, 0.717) is 11.1 Å². The molecule has 2 aromatic carbocycles. The van der Waals surface area contributed by atoms with Crippen molar-refractivity contribution in [2.24, 2.45) is 23.5 Å². The Bertz CT molecular complexity index is 1590. The fourth-order valence-corrected chi connectivity index (χ4v) is 5.63. The van der Waals surface area contributed by atoms with Gasteiger partial charge in [0.1, 0.15) is 30.2 Å². The highest BCUT2D eigenvalue weighted by Crippen LogP contribution is 2.25. The Morgan fingerprint density at radius 3 is 1.31 bits per heavy atom. The summed E-state index contributed by atoms with van der Waals surface area (Å²) >= 11 is 0. The number of aliphatic carboxylic acids is 2. The minimum Gasteiger partial charge on any atom is -0.481 e. The fourth-order valence-electron chi connectivity index (χ4n) is 5.63. The van der Waals surface area contributed by atoms with E-state index in [0.717, 1.165) is 0 Å². The number of hydrogen-bond donors (Lipinski definition) is 8. The predicted molar refractivity (Wildman–Crippen MR) is 197 cm³/mol. The summed E-state index contributed by atoms with van der Waals surface area (Å²) in [5.74, 6) is -10.2. The SMILES string of the molecule is CC(C)C[C@H](NC(=O)[C@H](CC(=O)O)NC(=O)[C@H](CC(N)=O)NC(=O)[C@@H](NC(=O)[C@@H](NC(=O)C(c1ccccc1)c1ccccc1)C(C)C)C(C)C)C(=O)O. The lowest BCUT2D eigenvalue weighted by Gasteiger charge is -2.29. The summed E-state index contributed by atoms with van der Waals surface area (Å²) in [5.41, 5.74) is 6.74. The number of nitrogens with two attached hydrogens (primary N) is 1. The first-order chi connectivity index (χ1) is 25.3. The molecule has 16 nitrogen and oxygen atoms in total. The van der Waals surface area contributed by atoms with Crippen LogP contribution in [-0.2, 0) is 38.4 Å². The Balaban J connectivity index is 2.30. The second kappa shape index (κ2) is 21.0. The molecule has 0 saturated heterocycles. The van der Waals surface area contributed by atoms with E-state index in [9.17, 15) is 48.6 Å². The van der Waals surface area contributed by atoms with Gasteiger partial charge < -0.3 is 42.5 Å². The minimum atomic E-state index is -1.79. The molecule has 6 amide bonds. The van der Waals surface area contributed by atoms with Crippen molar-refractivity contribution >= 4 is 47.4 Å². The lowest BCUT2D eigenvalue weighted by molar-refractivity contribution is -0.144.